The average Bonchev–Trinajstić information content (AvgIpc) is 2.73. The van der Waals surface area contributed by atoms with Crippen LogP contribution in [0.2, 0.25) is 0 Å². The minimum atomic E-state index is 0. The highest BCUT2D eigenvalue weighted by molar-refractivity contribution is 14.0. The number of methoxy groups -OCH3 is 1. The summed E-state index contributed by atoms with van der Waals surface area (Å²) in [7, 11) is 3.50. The second-order valence-electron chi connectivity index (χ2n) is 6.96. The maximum Gasteiger partial charge on any atom is 0.191 e. The Labute approximate surface area is 185 Å². The Morgan fingerprint density at radius 1 is 1.11 bits per heavy atom. The fourth-order valence-electron chi connectivity index (χ4n) is 3.52. The maximum absolute atomic E-state index is 5.41. The van der Waals surface area contributed by atoms with E-state index in [0.29, 0.717) is 12.6 Å². The van der Waals surface area contributed by atoms with Crippen LogP contribution >= 0.6 is 24.0 Å². The van der Waals surface area contributed by atoms with Gasteiger partial charge in [0.25, 0.3) is 0 Å². The molecule has 1 aliphatic heterocycles. The van der Waals surface area contributed by atoms with Crippen LogP contribution in [0.25, 0.3) is 0 Å². The molecule has 0 amide bonds. The molecule has 0 bridgehead atoms. The number of ether oxygens (including phenoxy) is 1. The molecule has 28 heavy (non-hydrogen) atoms. The molecule has 152 valence electrons. The van der Waals surface area contributed by atoms with E-state index in [1.807, 2.05) is 18.2 Å². The van der Waals surface area contributed by atoms with Gasteiger partial charge in [0.15, 0.2) is 5.96 Å². The maximum atomic E-state index is 5.41. The lowest BCUT2D eigenvalue weighted by Crippen LogP contribution is -2.47. The van der Waals surface area contributed by atoms with Crippen LogP contribution in [0, 0.1) is 0 Å². The zero-order valence-corrected chi connectivity index (χ0v) is 19.3. The van der Waals surface area contributed by atoms with Crippen LogP contribution in [0.4, 0.5) is 0 Å². The molecule has 0 saturated carbocycles. The van der Waals surface area contributed by atoms with Crippen molar-refractivity contribution in [1.29, 1.82) is 0 Å². The van der Waals surface area contributed by atoms with Crippen LogP contribution < -0.4 is 15.4 Å². The van der Waals surface area contributed by atoms with Crippen molar-refractivity contribution in [2.75, 3.05) is 27.2 Å². The van der Waals surface area contributed by atoms with E-state index in [0.717, 1.165) is 43.3 Å². The Balaban J connectivity index is 0.00000280. The number of halogens is 1. The van der Waals surface area contributed by atoms with Crippen molar-refractivity contribution in [2.45, 2.75) is 32.5 Å². The summed E-state index contributed by atoms with van der Waals surface area (Å²) in [6.07, 6.45) is 1.13. The molecule has 5 nitrogen and oxygen atoms in total. The van der Waals surface area contributed by atoms with Crippen molar-refractivity contribution in [1.82, 2.24) is 15.5 Å². The van der Waals surface area contributed by atoms with E-state index < -0.39 is 0 Å². The number of aliphatic imine (C=N–C) groups is 1. The van der Waals surface area contributed by atoms with Gasteiger partial charge in [-0.1, -0.05) is 42.5 Å². The Morgan fingerprint density at radius 3 is 2.57 bits per heavy atom. The van der Waals surface area contributed by atoms with Gasteiger partial charge in [-0.2, -0.15) is 0 Å². The second-order valence-corrected chi connectivity index (χ2v) is 6.96. The van der Waals surface area contributed by atoms with Gasteiger partial charge in [-0.05, 0) is 30.5 Å². The van der Waals surface area contributed by atoms with Crippen molar-refractivity contribution in [2.24, 2.45) is 4.99 Å². The zero-order valence-electron chi connectivity index (χ0n) is 16.9. The molecule has 1 heterocycles. The van der Waals surface area contributed by atoms with Gasteiger partial charge in [0.2, 0.25) is 0 Å². The molecule has 0 spiro atoms. The van der Waals surface area contributed by atoms with Crippen molar-refractivity contribution < 1.29 is 4.74 Å². The lowest BCUT2D eigenvalue weighted by molar-refractivity contribution is 0.191. The highest BCUT2D eigenvalue weighted by atomic mass is 127. The molecule has 2 aromatic rings. The monoisotopic (exact) mass is 494 g/mol. The molecule has 1 aliphatic rings. The molecule has 1 atom stereocenters. The van der Waals surface area contributed by atoms with Crippen molar-refractivity contribution >= 4 is 29.9 Å². The summed E-state index contributed by atoms with van der Waals surface area (Å²) >= 11 is 0. The molecule has 2 aromatic carbocycles. The lowest BCUT2D eigenvalue weighted by atomic mass is 9.99. The van der Waals surface area contributed by atoms with Gasteiger partial charge >= 0.3 is 0 Å². The summed E-state index contributed by atoms with van der Waals surface area (Å²) < 4.78 is 5.41. The fourth-order valence-corrected chi connectivity index (χ4v) is 3.52. The Hall–Kier alpha value is -1.80. The molecule has 0 aromatic heterocycles. The third-order valence-corrected chi connectivity index (χ3v) is 5.21. The number of benzene rings is 2. The Kier molecular flexibility index (Phi) is 9.05. The molecule has 0 aliphatic carbocycles. The van der Waals surface area contributed by atoms with Crippen molar-refractivity contribution in [3.8, 4) is 5.75 Å². The molecule has 0 fully saturated rings. The summed E-state index contributed by atoms with van der Waals surface area (Å²) in [6, 6.07) is 17.2. The zero-order chi connectivity index (χ0) is 19.1. The van der Waals surface area contributed by atoms with E-state index in [9.17, 15) is 0 Å². The molecule has 0 saturated heterocycles. The highest BCUT2D eigenvalue weighted by Crippen LogP contribution is 2.20. The van der Waals surface area contributed by atoms with Crippen LogP contribution in [0.3, 0.4) is 0 Å². The molecule has 0 radical (unpaired) electrons. The van der Waals surface area contributed by atoms with Gasteiger partial charge in [-0.15, -0.1) is 24.0 Å². The summed E-state index contributed by atoms with van der Waals surface area (Å²) in [6.45, 7) is 5.93. The Morgan fingerprint density at radius 2 is 1.82 bits per heavy atom. The minimum absolute atomic E-state index is 0. The van der Waals surface area contributed by atoms with E-state index >= 15 is 0 Å². The van der Waals surface area contributed by atoms with E-state index in [1.165, 1.54) is 11.1 Å². The quantitative estimate of drug-likeness (QED) is 0.367. The molecule has 6 heteroatoms. The first-order valence-corrected chi connectivity index (χ1v) is 9.58. The largest absolute Gasteiger partial charge is 0.496 e. The van der Waals surface area contributed by atoms with Gasteiger partial charge in [0, 0.05) is 44.8 Å². The Bertz CT molecular complexity index is 781. The predicted molar refractivity (Wildman–Crippen MR) is 127 cm³/mol. The minimum Gasteiger partial charge on any atom is -0.496 e. The summed E-state index contributed by atoms with van der Waals surface area (Å²) in [5, 5.41) is 6.83. The van der Waals surface area contributed by atoms with Gasteiger partial charge in [-0.25, -0.2) is 0 Å². The van der Waals surface area contributed by atoms with E-state index in [-0.39, 0.29) is 24.0 Å². The lowest BCUT2D eigenvalue weighted by Gasteiger charge is -2.34. The van der Waals surface area contributed by atoms with E-state index in [4.69, 9.17) is 4.74 Å². The number of rotatable bonds is 6. The van der Waals surface area contributed by atoms with E-state index in [2.05, 4.69) is 57.8 Å². The first-order chi connectivity index (χ1) is 13.2. The number of hydrogen-bond acceptors (Lipinski definition) is 3. The third kappa shape index (κ3) is 5.85. The van der Waals surface area contributed by atoms with Gasteiger partial charge < -0.3 is 15.4 Å². The molecule has 1 unspecified atom stereocenters. The van der Waals surface area contributed by atoms with Gasteiger partial charge in [0.1, 0.15) is 5.75 Å². The number of nitrogens with one attached hydrogen (secondary N) is 2. The number of para-hydroxylation sites is 1. The first-order valence-electron chi connectivity index (χ1n) is 9.58. The van der Waals surface area contributed by atoms with Crippen molar-refractivity contribution in [3.63, 3.8) is 0 Å². The van der Waals surface area contributed by atoms with Crippen LogP contribution in [0.15, 0.2) is 53.5 Å². The first kappa shape index (κ1) is 22.5. The normalized spacial score (nSPS) is 15.2. The average molecular weight is 494 g/mol. The smallest absolute Gasteiger partial charge is 0.191 e. The third-order valence-electron chi connectivity index (χ3n) is 5.21. The number of guanidine groups is 1. The number of hydrogen-bond donors (Lipinski definition) is 2. The molecular weight excluding hydrogens is 463 g/mol. The number of fused-ring (bicyclic) bond motifs is 1. The standard InChI is InChI=1S/C22H30N4O.HI/c1-17(26-13-12-18-8-4-5-10-20(18)16-26)14-24-22(23-2)25-15-19-9-6-7-11-21(19)27-3;/h4-11,17H,12-16H2,1-3H3,(H2,23,24,25);1H. The van der Waals surface area contributed by atoms with E-state index in [1.54, 1.807) is 14.2 Å². The molecule has 2 N–H and O–H groups in total. The summed E-state index contributed by atoms with van der Waals surface area (Å²) in [4.78, 5) is 6.88. The van der Waals surface area contributed by atoms with Crippen molar-refractivity contribution in [3.05, 3.63) is 65.2 Å². The summed E-state index contributed by atoms with van der Waals surface area (Å²) in [5.41, 5.74) is 4.06. The molecular formula is C22H31IN4O. The van der Waals surface area contributed by atoms with Crippen LogP contribution in [0.5, 0.6) is 5.75 Å². The highest BCUT2D eigenvalue weighted by Gasteiger charge is 2.20. The molecule has 3 rings (SSSR count). The topological polar surface area (TPSA) is 48.9 Å². The predicted octanol–water partition coefficient (Wildman–Crippen LogP) is 3.43. The van der Waals surface area contributed by atoms with Gasteiger partial charge in [-0.3, -0.25) is 9.89 Å². The second kappa shape index (κ2) is 11.3. The van der Waals surface area contributed by atoms with Gasteiger partial charge in [0.05, 0.1) is 7.11 Å². The van der Waals surface area contributed by atoms with Crippen LogP contribution in [-0.4, -0.2) is 44.1 Å². The van der Waals surface area contributed by atoms with Crippen LogP contribution in [-0.2, 0) is 19.5 Å². The number of nitrogens with zero attached hydrogens (tertiary/aromatic N) is 2. The fraction of sp³-hybridized carbons (Fsp3) is 0.409. The van der Waals surface area contributed by atoms with Crippen LogP contribution in [0.1, 0.15) is 23.6 Å². The summed E-state index contributed by atoms with van der Waals surface area (Å²) in [5.74, 6) is 1.70. The SMILES string of the molecule is CN=C(NCc1ccccc1OC)NCC(C)N1CCc2ccccc2C1.I.